The maximum Gasteiger partial charge on any atom is 0.140 e. The average Bonchev–Trinajstić information content (AvgIpc) is 2.84. The molecule has 0 aromatic carbocycles. The first kappa shape index (κ1) is 22.1. The summed E-state index contributed by atoms with van der Waals surface area (Å²) in [6.45, 7) is 7.77. The van der Waals surface area contributed by atoms with E-state index in [1.54, 1.807) is 12.5 Å². The topological polar surface area (TPSA) is 37.8 Å². The van der Waals surface area contributed by atoms with Crippen molar-refractivity contribution in [3.63, 3.8) is 0 Å². The van der Waals surface area contributed by atoms with Crippen molar-refractivity contribution in [3.8, 4) is 0 Å². The van der Waals surface area contributed by atoms with Crippen molar-refractivity contribution in [1.82, 2.24) is 9.97 Å². The van der Waals surface area contributed by atoms with Crippen molar-refractivity contribution in [1.29, 1.82) is 0 Å². The van der Waals surface area contributed by atoms with Crippen LogP contribution in [0.1, 0.15) is 107 Å². The van der Waals surface area contributed by atoms with E-state index < -0.39 is 0 Å². The van der Waals surface area contributed by atoms with Crippen LogP contribution in [0.2, 0.25) is 11.6 Å². The molecule has 0 saturated heterocycles. The number of rotatable bonds is 6. The fraction of sp³-hybridized carbons (Fsp3) is 0.680. The molecule has 2 aliphatic carbocycles. The van der Waals surface area contributed by atoms with Crippen LogP contribution >= 0.6 is 0 Å². The average molecular weight is 392 g/mol. The fourth-order valence-corrected chi connectivity index (χ4v) is 5.40. The predicted octanol–water partition coefficient (Wildman–Crippen LogP) is 7.53. The van der Waals surface area contributed by atoms with Gasteiger partial charge in [-0.15, -0.1) is 0 Å². The van der Waals surface area contributed by atoms with Gasteiger partial charge in [0.15, 0.2) is 0 Å². The maximum absolute atomic E-state index is 4.66. The van der Waals surface area contributed by atoms with Crippen LogP contribution in [0.25, 0.3) is 6.08 Å². The number of aromatic nitrogens is 2. The van der Waals surface area contributed by atoms with Gasteiger partial charge >= 0.3 is 0 Å². The third-order valence-electron chi connectivity index (χ3n) is 6.94. The molecule has 3 nitrogen and oxygen atoms in total. The molecule has 0 bridgehead atoms. The van der Waals surface area contributed by atoms with Crippen molar-refractivity contribution in [2.45, 2.75) is 107 Å². The van der Waals surface area contributed by atoms with Gasteiger partial charge in [0.1, 0.15) is 19.4 Å². The summed E-state index contributed by atoms with van der Waals surface area (Å²) in [5, 5.41) is 3.14. The van der Waals surface area contributed by atoms with Crippen molar-refractivity contribution < 1.29 is 0 Å². The molecule has 2 saturated carbocycles. The Morgan fingerprint density at radius 1 is 0.793 bits per heavy atom. The lowest BCUT2D eigenvalue weighted by Gasteiger charge is -2.27. The number of hydrogen-bond donors (Lipinski definition) is 1. The summed E-state index contributed by atoms with van der Waals surface area (Å²) < 4.78 is 0. The maximum atomic E-state index is 4.66. The minimum absolute atomic E-state index is 0.516. The third kappa shape index (κ3) is 6.72. The quantitative estimate of drug-likeness (QED) is 0.509. The van der Waals surface area contributed by atoms with Gasteiger partial charge in [-0.3, -0.25) is 0 Å². The zero-order valence-corrected chi connectivity index (χ0v) is 18.2. The van der Waals surface area contributed by atoms with Gasteiger partial charge in [0.2, 0.25) is 0 Å². The highest BCUT2D eigenvalue weighted by molar-refractivity contribution is 6.39. The zero-order valence-electron chi connectivity index (χ0n) is 18.2. The molecule has 0 atom stereocenters. The van der Waals surface area contributed by atoms with Crippen LogP contribution in [0, 0.1) is 0 Å². The molecule has 29 heavy (non-hydrogen) atoms. The molecule has 157 valence electrons. The molecule has 0 aliphatic heterocycles. The Hall–Kier alpha value is -1.58. The Bertz CT molecular complexity index is 625. The molecule has 2 aliphatic rings. The first-order valence-electron chi connectivity index (χ1n) is 12.0. The number of nitrogens with zero attached hydrogens (tertiary/aromatic N) is 2. The Labute approximate surface area is 179 Å². The highest BCUT2D eigenvalue weighted by Crippen LogP contribution is 2.39. The van der Waals surface area contributed by atoms with E-state index in [4.69, 9.17) is 0 Å². The molecule has 1 aromatic heterocycles. The van der Waals surface area contributed by atoms with E-state index in [9.17, 15) is 0 Å². The summed E-state index contributed by atoms with van der Waals surface area (Å²) in [5.74, 6) is 3.04. The molecule has 0 amide bonds. The van der Waals surface area contributed by atoms with E-state index in [0.717, 1.165) is 28.7 Å². The van der Waals surface area contributed by atoms with E-state index in [0.29, 0.717) is 5.92 Å². The molecule has 1 N–H and O–H groups in total. The van der Waals surface area contributed by atoms with Gasteiger partial charge in [-0.05, 0) is 19.0 Å². The van der Waals surface area contributed by atoms with Crippen LogP contribution in [0.15, 0.2) is 25.7 Å². The van der Waals surface area contributed by atoms with E-state index in [1.165, 1.54) is 89.9 Å². The SMILES string of the molecule is C=CNc1ncnc(C2CCCC([B]C3CCCCCCCC3)CCC2)c1C=C. The number of anilines is 1. The van der Waals surface area contributed by atoms with Crippen molar-refractivity contribution in [2.24, 2.45) is 0 Å². The van der Waals surface area contributed by atoms with Gasteiger partial charge < -0.3 is 5.32 Å². The number of hydrogen-bond acceptors (Lipinski definition) is 3. The monoisotopic (exact) mass is 392 g/mol. The summed E-state index contributed by atoms with van der Waals surface area (Å²) >= 11 is 0. The summed E-state index contributed by atoms with van der Waals surface area (Å²) in [7, 11) is 2.78. The van der Waals surface area contributed by atoms with Gasteiger partial charge in [-0.25, -0.2) is 9.97 Å². The molecule has 0 spiro atoms. The summed E-state index contributed by atoms with van der Waals surface area (Å²) in [6.07, 6.45) is 24.5. The lowest BCUT2D eigenvalue weighted by molar-refractivity contribution is 0.444. The molecule has 1 aromatic rings. The van der Waals surface area contributed by atoms with Crippen LogP contribution in [0.4, 0.5) is 5.82 Å². The molecule has 1 heterocycles. The van der Waals surface area contributed by atoms with Gasteiger partial charge in [0.25, 0.3) is 0 Å². The van der Waals surface area contributed by atoms with Crippen LogP contribution in [-0.4, -0.2) is 17.2 Å². The largest absolute Gasteiger partial charge is 0.347 e. The fourth-order valence-electron chi connectivity index (χ4n) is 5.40. The van der Waals surface area contributed by atoms with Gasteiger partial charge in [0, 0.05) is 11.5 Å². The minimum Gasteiger partial charge on any atom is -0.347 e. The highest BCUT2D eigenvalue weighted by Gasteiger charge is 2.24. The lowest BCUT2D eigenvalue weighted by Crippen LogP contribution is -2.16. The summed E-state index contributed by atoms with van der Waals surface area (Å²) in [4.78, 5) is 9.03. The van der Waals surface area contributed by atoms with E-state index in [1.807, 2.05) is 6.08 Å². The van der Waals surface area contributed by atoms with Crippen LogP contribution in [0.5, 0.6) is 0 Å². The lowest BCUT2D eigenvalue weighted by atomic mass is 9.50. The zero-order chi connectivity index (χ0) is 20.3. The molecular weight excluding hydrogens is 353 g/mol. The van der Waals surface area contributed by atoms with Gasteiger partial charge in [-0.1, -0.05) is 108 Å². The third-order valence-corrected chi connectivity index (χ3v) is 6.94. The normalized spacial score (nSPS) is 24.8. The highest BCUT2D eigenvalue weighted by atomic mass is 15.0. The van der Waals surface area contributed by atoms with Crippen LogP contribution < -0.4 is 5.32 Å². The first-order valence-corrected chi connectivity index (χ1v) is 12.0. The second-order valence-electron chi connectivity index (χ2n) is 9.04. The second-order valence-corrected chi connectivity index (χ2v) is 9.04. The van der Waals surface area contributed by atoms with Gasteiger partial charge in [-0.2, -0.15) is 0 Å². The van der Waals surface area contributed by atoms with Crippen LogP contribution in [0.3, 0.4) is 0 Å². The number of nitrogens with one attached hydrogen (secondary N) is 1. The van der Waals surface area contributed by atoms with Crippen molar-refractivity contribution in [3.05, 3.63) is 36.9 Å². The molecule has 1 radical (unpaired) electrons. The summed E-state index contributed by atoms with van der Waals surface area (Å²) in [6, 6.07) is 0. The predicted molar refractivity (Wildman–Crippen MR) is 127 cm³/mol. The second kappa shape index (κ2) is 12.2. The molecule has 4 heteroatoms. The Morgan fingerprint density at radius 3 is 1.97 bits per heavy atom. The minimum atomic E-state index is 0.516. The summed E-state index contributed by atoms with van der Waals surface area (Å²) in [5.41, 5.74) is 2.21. The Morgan fingerprint density at radius 2 is 1.38 bits per heavy atom. The molecule has 0 unspecified atom stereocenters. The Balaban J connectivity index is 1.56. The van der Waals surface area contributed by atoms with E-state index in [-0.39, 0.29) is 0 Å². The van der Waals surface area contributed by atoms with E-state index >= 15 is 0 Å². The smallest absolute Gasteiger partial charge is 0.140 e. The first-order chi connectivity index (χ1) is 14.3. The van der Waals surface area contributed by atoms with Gasteiger partial charge in [0.05, 0.1) is 5.69 Å². The molecular formula is C25H39BN3. The standard InChI is InChI=1S/C25H39BN3/c1-3-23-24(28-19-29-25(23)27-4-2)20-13-11-17-22(18-12-14-20)26-21-15-9-7-5-6-8-10-16-21/h3-4,19-22H,1-2,5-18H2,(H,27,28,29). The van der Waals surface area contributed by atoms with E-state index in [2.05, 4.69) is 35.7 Å². The van der Waals surface area contributed by atoms with Crippen molar-refractivity contribution in [2.75, 3.05) is 5.32 Å². The van der Waals surface area contributed by atoms with Crippen LogP contribution in [-0.2, 0) is 0 Å². The van der Waals surface area contributed by atoms with Crippen molar-refractivity contribution >= 4 is 19.2 Å². The molecule has 2 fully saturated rings. The molecule has 3 rings (SSSR count). The Kier molecular flexibility index (Phi) is 9.30.